The first-order valence-electron chi connectivity index (χ1n) is 9.02. The van der Waals surface area contributed by atoms with Crippen molar-refractivity contribution in [2.24, 2.45) is 5.92 Å². The van der Waals surface area contributed by atoms with Gasteiger partial charge in [0.1, 0.15) is 0 Å². The number of nitrogens with one attached hydrogen (secondary N) is 1. The second-order valence-corrected chi connectivity index (χ2v) is 7.03. The van der Waals surface area contributed by atoms with E-state index in [4.69, 9.17) is 11.6 Å². The van der Waals surface area contributed by atoms with Crippen molar-refractivity contribution in [3.8, 4) is 0 Å². The normalized spacial score (nSPS) is 17.0. The smallest absolute Gasteiger partial charge is 0.253 e. The average Bonchev–Trinajstić information content (AvgIpc) is 2.68. The monoisotopic (exact) mass is 370 g/mol. The maximum atomic E-state index is 12.7. The van der Waals surface area contributed by atoms with Crippen LogP contribution < -0.4 is 5.32 Å². The maximum Gasteiger partial charge on any atom is 0.253 e. The number of hydrogen-bond donors (Lipinski definition) is 1. The molecular formula is C21H23ClN2O2. The zero-order valence-corrected chi connectivity index (χ0v) is 15.6. The Balaban J connectivity index is 1.66. The van der Waals surface area contributed by atoms with Crippen molar-refractivity contribution in [2.75, 3.05) is 18.4 Å². The molecular weight excluding hydrogens is 348 g/mol. The lowest BCUT2D eigenvalue weighted by Gasteiger charge is -2.32. The van der Waals surface area contributed by atoms with Crippen molar-refractivity contribution in [3.05, 3.63) is 64.7 Å². The van der Waals surface area contributed by atoms with Crippen LogP contribution in [-0.2, 0) is 11.2 Å². The lowest BCUT2D eigenvalue weighted by atomic mass is 9.96. The Morgan fingerprint density at radius 3 is 2.62 bits per heavy atom. The minimum Gasteiger partial charge on any atom is -0.338 e. The largest absolute Gasteiger partial charge is 0.338 e. The van der Waals surface area contributed by atoms with Crippen LogP contribution in [0.2, 0.25) is 5.02 Å². The van der Waals surface area contributed by atoms with E-state index in [9.17, 15) is 9.59 Å². The molecule has 0 unspecified atom stereocenters. The Bertz CT molecular complexity index is 789. The fraction of sp³-hybridized carbons (Fsp3) is 0.333. The van der Waals surface area contributed by atoms with E-state index in [1.54, 1.807) is 29.2 Å². The molecule has 1 heterocycles. The Hall–Kier alpha value is -2.33. The number of amides is 2. The van der Waals surface area contributed by atoms with Crippen molar-refractivity contribution >= 4 is 29.1 Å². The molecule has 26 heavy (non-hydrogen) atoms. The van der Waals surface area contributed by atoms with Crippen LogP contribution in [0.5, 0.6) is 0 Å². The van der Waals surface area contributed by atoms with Crippen LogP contribution in [0.3, 0.4) is 0 Å². The van der Waals surface area contributed by atoms with E-state index in [1.807, 2.05) is 24.3 Å². The van der Waals surface area contributed by atoms with Crippen LogP contribution >= 0.6 is 11.6 Å². The molecule has 4 nitrogen and oxygen atoms in total. The molecule has 1 aliphatic rings. The van der Waals surface area contributed by atoms with Gasteiger partial charge in [-0.1, -0.05) is 36.7 Å². The van der Waals surface area contributed by atoms with Crippen molar-refractivity contribution in [1.29, 1.82) is 0 Å². The number of benzene rings is 2. The minimum atomic E-state index is -0.190. The van der Waals surface area contributed by atoms with Crippen LogP contribution in [0, 0.1) is 5.92 Å². The van der Waals surface area contributed by atoms with E-state index in [-0.39, 0.29) is 17.7 Å². The topological polar surface area (TPSA) is 49.4 Å². The molecule has 0 bridgehead atoms. The third-order valence-electron chi connectivity index (χ3n) is 4.83. The molecule has 1 N–H and O–H groups in total. The van der Waals surface area contributed by atoms with Gasteiger partial charge >= 0.3 is 0 Å². The molecule has 1 atom stereocenters. The average molecular weight is 371 g/mol. The van der Waals surface area contributed by atoms with Crippen LogP contribution in [0.15, 0.2) is 48.5 Å². The molecule has 1 saturated heterocycles. The second kappa shape index (κ2) is 8.37. The number of nitrogens with zero attached hydrogens (tertiary/aromatic N) is 1. The lowest BCUT2D eigenvalue weighted by molar-refractivity contribution is -0.121. The van der Waals surface area contributed by atoms with Gasteiger partial charge in [-0.3, -0.25) is 9.59 Å². The van der Waals surface area contributed by atoms with Gasteiger partial charge in [0.2, 0.25) is 5.91 Å². The summed E-state index contributed by atoms with van der Waals surface area (Å²) >= 11 is 5.89. The molecule has 5 heteroatoms. The van der Waals surface area contributed by atoms with Gasteiger partial charge in [0.15, 0.2) is 0 Å². The van der Waals surface area contributed by atoms with Crippen LogP contribution in [0.25, 0.3) is 0 Å². The van der Waals surface area contributed by atoms with Gasteiger partial charge in [-0.2, -0.15) is 0 Å². The highest BCUT2D eigenvalue weighted by molar-refractivity contribution is 6.30. The van der Waals surface area contributed by atoms with Crippen molar-refractivity contribution in [3.63, 3.8) is 0 Å². The molecule has 136 valence electrons. The number of likely N-dealkylation sites (tertiary alicyclic amines) is 1. The number of halogens is 1. The summed E-state index contributed by atoms with van der Waals surface area (Å²) in [4.78, 5) is 27.2. The summed E-state index contributed by atoms with van der Waals surface area (Å²) in [5.41, 5.74) is 2.58. The van der Waals surface area contributed by atoms with E-state index in [0.29, 0.717) is 23.7 Å². The highest BCUT2D eigenvalue weighted by atomic mass is 35.5. The number of piperidine rings is 1. The van der Waals surface area contributed by atoms with Crippen LogP contribution in [-0.4, -0.2) is 29.8 Å². The summed E-state index contributed by atoms with van der Waals surface area (Å²) in [6, 6.07) is 14.7. The number of carbonyl (C=O) groups excluding carboxylic acids is 2. The van der Waals surface area contributed by atoms with Crippen LogP contribution in [0.4, 0.5) is 5.69 Å². The first-order chi connectivity index (χ1) is 12.6. The molecule has 1 aliphatic heterocycles. The van der Waals surface area contributed by atoms with E-state index in [0.717, 1.165) is 30.5 Å². The van der Waals surface area contributed by atoms with Gasteiger partial charge in [-0.25, -0.2) is 0 Å². The lowest BCUT2D eigenvalue weighted by Crippen LogP contribution is -2.43. The van der Waals surface area contributed by atoms with Gasteiger partial charge in [0.25, 0.3) is 5.91 Å². The minimum absolute atomic E-state index is 0.0143. The molecule has 0 spiro atoms. The predicted molar refractivity (Wildman–Crippen MR) is 105 cm³/mol. The summed E-state index contributed by atoms with van der Waals surface area (Å²) in [6.45, 7) is 3.19. The van der Waals surface area contributed by atoms with Crippen molar-refractivity contribution in [2.45, 2.75) is 26.2 Å². The van der Waals surface area contributed by atoms with Crippen molar-refractivity contribution in [1.82, 2.24) is 4.90 Å². The molecule has 3 rings (SSSR count). The Labute approximate surface area is 159 Å². The van der Waals surface area contributed by atoms with E-state index >= 15 is 0 Å². The summed E-state index contributed by atoms with van der Waals surface area (Å²) in [7, 11) is 0. The molecule has 2 aromatic carbocycles. The highest BCUT2D eigenvalue weighted by Crippen LogP contribution is 2.22. The number of anilines is 1. The Kier molecular flexibility index (Phi) is 5.94. The number of aryl methyl sites for hydroxylation is 1. The first kappa shape index (κ1) is 18.5. The standard InChI is InChI=1S/C21H23ClN2O2/c1-2-15-6-3-4-8-19(15)23-20(25)17-7-5-13-24(14-17)21(26)16-9-11-18(22)12-10-16/h3-4,6,8-12,17H,2,5,7,13-14H2,1H3,(H,23,25)/t17-/m0/s1. The number of rotatable bonds is 4. The van der Waals surface area contributed by atoms with E-state index in [1.165, 1.54) is 0 Å². The summed E-state index contributed by atoms with van der Waals surface area (Å²) in [5.74, 6) is -0.252. The summed E-state index contributed by atoms with van der Waals surface area (Å²) in [6.07, 6.45) is 2.49. The molecule has 0 radical (unpaired) electrons. The van der Waals surface area contributed by atoms with Gasteiger partial charge in [0, 0.05) is 29.4 Å². The number of carbonyl (C=O) groups is 2. The first-order valence-corrected chi connectivity index (χ1v) is 9.40. The zero-order valence-electron chi connectivity index (χ0n) is 14.9. The number of para-hydroxylation sites is 1. The van der Waals surface area contributed by atoms with Crippen molar-refractivity contribution < 1.29 is 9.59 Å². The van der Waals surface area contributed by atoms with E-state index in [2.05, 4.69) is 12.2 Å². The molecule has 2 amide bonds. The van der Waals surface area contributed by atoms with Gasteiger partial charge in [0.05, 0.1) is 5.92 Å². The number of hydrogen-bond acceptors (Lipinski definition) is 2. The fourth-order valence-electron chi connectivity index (χ4n) is 3.34. The summed E-state index contributed by atoms with van der Waals surface area (Å²) < 4.78 is 0. The molecule has 0 aliphatic carbocycles. The zero-order chi connectivity index (χ0) is 18.5. The van der Waals surface area contributed by atoms with E-state index < -0.39 is 0 Å². The van der Waals surface area contributed by atoms with Crippen LogP contribution in [0.1, 0.15) is 35.7 Å². The molecule has 2 aromatic rings. The Morgan fingerprint density at radius 1 is 1.15 bits per heavy atom. The van der Waals surface area contributed by atoms with Gasteiger partial charge in [-0.15, -0.1) is 0 Å². The molecule has 0 aromatic heterocycles. The van der Waals surface area contributed by atoms with Gasteiger partial charge < -0.3 is 10.2 Å². The third kappa shape index (κ3) is 4.25. The highest BCUT2D eigenvalue weighted by Gasteiger charge is 2.29. The quantitative estimate of drug-likeness (QED) is 0.867. The second-order valence-electron chi connectivity index (χ2n) is 6.60. The van der Waals surface area contributed by atoms with Gasteiger partial charge in [-0.05, 0) is 55.2 Å². The summed E-state index contributed by atoms with van der Waals surface area (Å²) in [5, 5.41) is 3.65. The third-order valence-corrected chi connectivity index (χ3v) is 5.08. The maximum absolute atomic E-state index is 12.7. The molecule has 0 saturated carbocycles. The predicted octanol–water partition coefficient (Wildman–Crippen LogP) is 4.39. The molecule has 1 fully saturated rings. The Morgan fingerprint density at radius 2 is 1.88 bits per heavy atom. The SMILES string of the molecule is CCc1ccccc1NC(=O)[C@H]1CCCN(C(=O)c2ccc(Cl)cc2)C1. The fourth-order valence-corrected chi connectivity index (χ4v) is 3.46.